The number of hydrogen-bond donors (Lipinski definition) is 1. The Morgan fingerprint density at radius 2 is 1.79 bits per heavy atom. The van der Waals surface area contributed by atoms with Gasteiger partial charge in [-0.2, -0.15) is 5.10 Å². The largest absolute Gasteiger partial charge is 0.497 e. The van der Waals surface area contributed by atoms with E-state index in [2.05, 4.69) is 5.10 Å². The van der Waals surface area contributed by atoms with Crippen LogP contribution in [0.5, 0.6) is 5.75 Å². The average molecular weight is 416 g/mol. The number of benzene rings is 2. The maximum absolute atomic E-state index is 12.9. The summed E-state index contributed by atoms with van der Waals surface area (Å²) in [7, 11) is -1.95. The van der Waals surface area contributed by atoms with Crippen molar-refractivity contribution in [3.8, 4) is 11.4 Å². The van der Waals surface area contributed by atoms with Crippen molar-refractivity contribution in [1.29, 1.82) is 0 Å². The molecule has 0 aliphatic rings. The Morgan fingerprint density at radius 3 is 2.45 bits per heavy atom. The number of aliphatic hydroxyl groups excluding tert-OH is 1. The summed E-state index contributed by atoms with van der Waals surface area (Å²) in [6, 6.07) is 17.3. The quantitative estimate of drug-likeness (QED) is 0.511. The second-order valence-electron chi connectivity index (χ2n) is 6.44. The smallest absolute Gasteiger partial charge is 0.184 e. The number of hydrogen-bond acceptors (Lipinski definition) is 6. The maximum atomic E-state index is 12.9. The monoisotopic (exact) mass is 416 g/mol. The topological polar surface area (TPSA) is 90.7 Å². The SMILES string of the molecule is COc1ccc(-n2nc(COCCCO)cc2CS(=O)(=O)c2ccccc2)cc1. The van der Waals surface area contributed by atoms with E-state index < -0.39 is 9.84 Å². The van der Waals surface area contributed by atoms with Crippen molar-refractivity contribution in [2.24, 2.45) is 0 Å². The summed E-state index contributed by atoms with van der Waals surface area (Å²) in [5.41, 5.74) is 1.89. The number of sulfone groups is 1. The Kier molecular flexibility index (Phi) is 7.03. The number of nitrogens with zero attached hydrogens (tertiary/aromatic N) is 2. The molecule has 0 spiro atoms. The van der Waals surface area contributed by atoms with Gasteiger partial charge in [0.1, 0.15) is 5.75 Å². The van der Waals surface area contributed by atoms with Gasteiger partial charge >= 0.3 is 0 Å². The highest BCUT2D eigenvalue weighted by Crippen LogP contribution is 2.22. The van der Waals surface area contributed by atoms with Crippen LogP contribution in [0.3, 0.4) is 0 Å². The minimum absolute atomic E-state index is 0.0564. The van der Waals surface area contributed by atoms with E-state index in [9.17, 15) is 8.42 Å². The Labute approximate surface area is 170 Å². The van der Waals surface area contributed by atoms with Crippen LogP contribution in [0.4, 0.5) is 0 Å². The van der Waals surface area contributed by atoms with Crippen LogP contribution in [-0.4, -0.2) is 43.6 Å². The molecule has 154 valence electrons. The molecule has 8 heteroatoms. The van der Waals surface area contributed by atoms with Crippen LogP contribution >= 0.6 is 0 Å². The standard InChI is InChI=1S/C21H24N2O5S/c1-27-20-10-8-18(9-11-20)23-19(14-17(22-23)15-28-13-5-12-24)16-29(25,26)21-6-3-2-4-7-21/h2-4,6-11,14,24H,5,12-13,15-16H2,1H3. The number of aromatic nitrogens is 2. The molecule has 2 aromatic carbocycles. The molecule has 1 heterocycles. The van der Waals surface area contributed by atoms with Gasteiger partial charge in [-0.15, -0.1) is 0 Å². The lowest BCUT2D eigenvalue weighted by Crippen LogP contribution is -2.10. The first-order chi connectivity index (χ1) is 14.0. The van der Waals surface area contributed by atoms with Crippen molar-refractivity contribution in [2.45, 2.75) is 23.7 Å². The zero-order chi connectivity index (χ0) is 20.7. The van der Waals surface area contributed by atoms with Gasteiger partial charge in [0.25, 0.3) is 0 Å². The van der Waals surface area contributed by atoms with Crippen LogP contribution < -0.4 is 4.74 Å². The number of aliphatic hydroxyl groups is 1. The Morgan fingerprint density at radius 1 is 1.07 bits per heavy atom. The minimum atomic E-state index is -3.53. The van der Waals surface area contributed by atoms with E-state index >= 15 is 0 Å². The van der Waals surface area contributed by atoms with Crippen LogP contribution in [0.2, 0.25) is 0 Å². The molecule has 0 atom stereocenters. The second-order valence-corrected chi connectivity index (χ2v) is 8.43. The van der Waals surface area contributed by atoms with Crippen LogP contribution in [0.1, 0.15) is 17.8 Å². The van der Waals surface area contributed by atoms with E-state index in [-0.39, 0.29) is 23.9 Å². The molecular formula is C21H24N2O5S. The summed E-state index contributed by atoms with van der Waals surface area (Å²) in [6.45, 7) is 0.700. The highest BCUT2D eigenvalue weighted by Gasteiger charge is 2.20. The third kappa shape index (κ3) is 5.44. The van der Waals surface area contributed by atoms with E-state index in [0.717, 1.165) is 5.69 Å². The molecule has 1 N–H and O–H groups in total. The highest BCUT2D eigenvalue weighted by atomic mass is 32.2. The number of rotatable bonds is 10. The molecule has 3 aromatic rings. The molecule has 1 aromatic heterocycles. The normalized spacial score (nSPS) is 11.5. The van der Waals surface area contributed by atoms with Crippen LogP contribution in [-0.2, 0) is 26.9 Å². The van der Waals surface area contributed by atoms with Crippen LogP contribution in [0.25, 0.3) is 5.69 Å². The summed E-state index contributed by atoms with van der Waals surface area (Å²) < 4.78 is 38.1. The third-order valence-electron chi connectivity index (χ3n) is 4.29. The van der Waals surface area contributed by atoms with Crippen molar-refractivity contribution in [2.75, 3.05) is 20.3 Å². The van der Waals surface area contributed by atoms with Gasteiger partial charge < -0.3 is 14.6 Å². The third-order valence-corrected chi connectivity index (χ3v) is 5.95. The van der Waals surface area contributed by atoms with E-state index in [1.807, 2.05) is 12.1 Å². The fourth-order valence-corrected chi connectivity index (χ4v) is 4.18. The zero-order valence-corrected chi connectivity index (χ0v) is 17.0. The van der Waals surface area contributed by atoms with E-state index in [1.54, 1.807) is 60.3 Å². The van der Waals surface area contributed by atoms with Crippen molar-refractivity contribution >= 4 is 9.84 Å². The zero-order valence-electron chi connectivity index (χ0n) is 16.2. The molecule has 0 bridgehead atoms. The van der Waals surface area contributed by atoms with Gasteiger partial charge in [0.2, 0.25) is 0 Å². The van der Waals surface area contributed by atoms with Gasteiger partial charge in [0.05, 0.1) is 41.4 Å². The first kappa shape index (κ1) is 21.0. The first-order valence-electron chi connectivity index (χ1n) is 9.22. The maximum Gasteiger partial charge on any atom is 0.184 e. The van der Waals surface area contributed by atoms with E-state index in [4.69, 9.17) is 14.6 Å². The lowest BCUT2D eigenvalue weighted by molar-refractivity contribution is 0.102. The van der Waals surface area contributed by atoms with E-state index in [1.165, 1.54) is 0 Å². The van der Waals surface area contributed by atoms with Gasteiger partial charge in [0, 0.05) is 13.2 Å². The lowest BCUT2D eigenvalue weighted by Gasteiger charge is -2.09. The lowest BCUT2D eigenvalue weighted by atomic mass is 10.3. The Bertz CT molecular complexity index is 1010. The van der Waals surface area contributed by atoms with Gasteiger partial charge in [-0.3, -0.25) is 0 Å². The highest BCUT2D eigenvalue weighted by molar-refractivity contribution is 7.90. The van der Waals surface area contributed by atoms with Gasteiger partial charge in [-0.1, -0.05) is 18.2 Å². The predicted octanol–water partition coefficient (Wildman–Crippen LogP) is 2.75. The summed E-state index contributed by atoms with van der Waals surface area (Å²) in [5.74, 6) is 0.513. The number of methoxy groups -OCH3 is 1. The summed E-state index contributed by atoms with van der Waals surface area (Å²) in [6.07, 6.45) is 0.536. The van der Waals surface area contributed by atoms with Crippen LogP contribution in [0, 0.1) is 0 Å². The predicted molar refractivity (Wildman–Crippen MR) is 109 cm³/mol. The van der Waals surface area contributed by atoms with Gasteiger partial charge in [0.15, 0.2) is 9.84 Å². The molecule has 0 amide bonds. The van der Waals surface area contributed by atoms with Gasteiger partial charge in [-0.05, 0) is 48.9 Å². The summed E-state index contributed by atoms with van der Waals surface area (Å²) in [5, 5.41) is 13.4. The molecule has 0 fully saturated rings. The molecule has 0 radical (unpaired) electrons. The van der Waals surface area contributed by atoms with Crippen molar-refractivity contribution in [3.63, 3.8) is 0 Å². The number of ether oxygens (including phenoxy) is 2. The second kappa shape index (κ2) is 9.69. The molecule has 29 heavy (non-hydrogen) atoms. The fraction of sp³-hybridized carbons (Fsp3) is 0.286. The molecule has 0 aliphatic heterocycles. The molecule has 0 unspecified atom stereocenters. The molecular weight excluding hydrogens is 392 g/mol. The Balaban J connectivity index is 1.91. The summed E-state index contributed by atoms with van der Waals surface area (Å²) in [4.78, 5) is 0.267. The summed E-state index contributed by atoms with van der Waals surface area (Å²) >= 11 is 0. The van der Waals surface area contributed by atoms with Crippen molar-refractivity contribution in [1.82, 2.24) is 9.78 Å². The van der Waals surface area contributed by atoms with E-state index in [0.29, 0.717) is 30.2 Å². The van der Waals surface area contributed by atoms with Gasteiger partial charge in [-0.25, -0.2) is 13.1 Å². The molecule has 0 saturated carbocycles. The first-order valence-corrected chi connectivity index (χ1v) is 10.9. The fourth-order valence-electron chi connectivity index (χ4n) is 2.84. The van der Waals surface area contributed by atoms with Crippen LogP contribution in [0.15, 0.2) is 65.6 Å². The molecule has 7 nitrogen and oxygen atoms in total. The minimum Gasteiger partial charge on any atom is -0.497 e. The van der Waals surface area contributed by atoms with Crippen molar-refractivity contribution < 1.29 is 23.0 Å². The average Bonchev–Trinajstić information content (AvgIpc) is 3.13. The molecule has 0 aliphatic carbocycles. The van der Waals surface area contributed by atoms with Crippen molar-refractivity contribution in [3.05, 3.63) is 72.1 Å². The Hall–Kier alpha value is -2.68. The molecule has 3 rings (SSSR count). The molecule has 0 saturated heterocycles.